The van der Waals surface area contributed by atoms with Crippen LogP contribution in [0.3, 0.4) is 0 Å². The van der Waals surface area contributed by atoms with Crippen LogP contribution in [-0.4, -0.2) is 72.2 Å². The van der Waals surface area contributed by atoms with Crippen LogP contribution in [-0.2, 0) is 20.7 Å². The second kappa shape index (κ2) is 13.1. The van der Waals surface area contributed by atoms with Crippen molar-refractivity contribution in [1.82, 2.24) is 9.88 Å². The van der Waals surface area contributed by atoms with Crippen molar-refractivity contribution >= 4 is 16.9 Å². The Balaban J connectivity index is 1.46. The molecule has 40 heavy (non-hydrogen) atoms. The summed E-state index contributed by atoms with van der Waals surface area (Å²) in [6.45, 7) is 5.66. The SMILES string of the molecule is C[C@@H]1Cc2c([nH]c3ccccc23)[C@@H](c2c(F)cc(OCCOCCCCOCC(=O)O)cc2F)N1CC(C)(C)F. The number of nitrogens with one attached hydrogen (secondary N) is 1. The Kier molecular flexibility index (Phi) is 9.76. The van der Waals surface area contributed by atoms with E-state index in [0.29, 0.717) is 38.2 Å². The highest BCUT2D eigenvalue weighted by Gasteiger charge is 2.41. The number of carboxylic acids is 1. The van der Waals surface area contributed by atoms with E-state index in [-0.39, 0.29) is 43.7 Å². The molecule has 0 spiro atoms. The number of hydrogen-bond acceptors (Lipinski definition) is 5. The topological polar surface area (TPSA) is 84.0 Å². The standard InChI is InChI=1S/C30H37F3N2O5/c1-19-14-22-21-8-4-5-9-25(21)34-28(22)29(35(19)18-30(2,3)33)27-23(31)15-20(16-24(27)32)40-13-12-38-10-6-7-11-39-17-26(36)37/h4-5,8-9,15-16,19,29,34H,6-7,10-14,17-18H2,1-3H3,(H,36,37)/t19-,29-/m1/s1. The van der Waals surface area contributed by atoms with Crippen LogP contribution in [0.5, 0.6) is 5.75 Å². The van der Waals surface area contributed by atoms with Gasteiger partial charge in [0.05, 0.1) is 12.6 Å². The second-order valence-electron chi connectivity index (χ2n) is 10.8. The van der Waals surface area contributed by atoms with Gasteiger partial charge in [-0.1, -0.05) is 18.2 Å². The first-order chi connectivity index (χ1) is 19.0. The summed E-state index contributed by atoms with van der Waals surface area (Å²) in [5, 5.41) is 9.53. The third kappa shape index (κ3) is 7.35. The zero-order valence-corrected chi connectivity index (χ0v) is 23.1. The fourth-order valence-electron chi connectivity index (χ4n) is 5.29. The molecule has 0 bridgehead atoms. The first-order valence-corrected chi connectivity index (χ1v) is 13.6. The first-order valence-electron chi connectivity index (χ1n) is 13.6. The molecule has 1 aromatic heterocycles. The molecule has 2 aromatic carbocycles. The minimum atomic E-state index is -1.57. The molecule has 0 amide bonds. The van der Waals surface area contributed by atoms with Gasteiger partial charge >= 0.3 is 5.97 Å². The van der Waals surface area contributed by atoms with Gasteiger partial charge in [-0.3, -0.25) is 4.90 Å². The molecule has 2 atom stereocenters. The number of nitrogens with zero attached hydrogens (tertiary/aromatic N) is 1. The van der Waals surface area contributed by atoms with E-state index in [1.54, 1.807) is 0 Å². The number of halogens is 3. The molecule has 0 fully saturated rings. The zero-order valence-electron chi connectivity index (χ0n) is 23.1. The van der Waals surface area contributed by atoms with Crippen LogP contribution < -0.4 is 4.74 Å². The predicted molar refractivity (Wildman–Crippen MR) is 146 cm³/mol. The maximum atomic E-state index is 15.7. The van der Waals surface area contributed by atoms with Crippen molar-refractivity contribution in [1.29, 1.82) is 0 Å². The van der Waals surface area contributed by atoms with E-state index in [4.69, 9.17) is 19.3 Å². The summed E-state index contributed by atoms with van der Waals surface area (Å²) in [6, 6.07) is 9.09. The Morgan fingerprint density at radius 1 is 1.07 bits per heavy atom. The van der Waals surface area contributed by atoms with Gasteiger partial charge in [-0.2, -0.15) is 0 Å². The highest BCUT2D eigenvalue weighted by atomic mass is 19.1. The van der Waals surface area contributed by atoms with Gasteiger partial charge in [0.2, 0.25) is 0 Å². The number of carboxylic acid groups (broad SMARTS) is 1. The highest BCUT2D eigenvalue weighted by Crippen LogP contribution is 2.43. The van der Waals surface area contributed by atoms with Crippen molar-refractivity contribution < 1.29 is 37.3 Å². The van der Waals surface area contributed by atoms with Crippen LogP contribution in [0.4, 0.5) is 13.2 Å². The normalized spacial score (nSPS) is 17.8. The van der Waals surface area contributed by atoms with Gasteiger partial charge < -0.3 is 24.3 Å². The molecular weight excluding hydrogens is 525 g/mol. The number of fused-ring (bicyclic) bond motifs is 3. The number of hydrogen-bond donors (Lipinski definition) is 2. The Hall–Kier alpha value is -3.08. The van der Waals surface area contributed by atoms with Crippen LogP contribution in [0.2, 0.25) is 0 Å². The van der Waals surface area contributed by atoms with Gasteiger partial charge in [0.25, 0.3) is 0 Å². The minimum absolute atomic E-state index is 0.00773. The van der Waals surface area contributed by atoms with E-state index in [2.05, 4.69) is 4.98 Å². The van der Waals surface area contributed by atoms with E-state index in [0.717, 1.165) is 16.5 Å². The average molecular weight is 563 g/mol. The third-order valence-electron chi connectivity index (χ3n) is 6.95. The summed E-state index contributed by atoms with van der Waals surface area (Å²) in [6.07, 6.45) is 1.96. The van der Waals surface area contributed by atoms with E-state index >= 15 is 8.78 Å². The summed E-state index contributed by atoms with van der Waals surface area (Å²) in [4.78, 5) is 15.6. The molecule has 218 valence electrons. The largest absolute Gasteiger partial charge is 0.491 e. The smallest absolute Gasteiger partial charge is 0.329 e. The van der Waals surface area contributed by atoms with Crippen LogP contribution >= 0.6 is 0 Å². The molecule has 3 aromatic rings. The van der Waals surface area contributed by atoms with Crippen molar-refractivity contribution in [3.05, 3.63) is 64.9 Å². The van der Waals surface area contributed by atoms with E-state index in [1.165, 1.54) is 26.0 Å². The summed E-state index contributed by atoms with van der Waals surface area (Å²) in [5.41, 5.74) is 0.830. The number of para-hydroxylation sites is 1. The number of carbonyl (C=O) groups is 1. The lowest BCUT2D eigenvalue weighted by atomic mass is 9.87. The lowest BCUT2D eigenvalue weighted by Crippen LogP contribution is -2.48. The fraction of sp³-hybridized carbons (Fsp3) is 0.500. The van der Waals surface area contributed by atoms with Crippen LogP contribution in [0.25, 0.3) is 10.9 Å². The number of alkyl halides is 1. The van der Waals surface area contributed by atoms with Crippen molar-refractivity contribution in [3.8, 4) is 5.75 Å². The molecule has 1 aliphatic rings. The Bertz CT molecular complexity index is 1280. The summed E-state index contributed by atoms with van der Waals surface area (Å²) in [5.74, 6) is -2.49. The average Bonchev–Trinajstić information content (AvgIpc) is 3.23. The molecule has 1 aliphatic heterocycles. The monoisotopic (exact) mass is 562 g/mol. The molecule has 10 heteroatoms. The number of H-pyrrole nitrogens is 1. The minimum Gasteiger partial charge on any atom is -0.491 e. The van der Waals surface area contributed by atoms with Gasteiger partial charge in [0.1, 0.15) is 36.3 Å². The molecule has 0 unspecified atom stereocenters. The zero-order chi connectivity index (χ0) is 28.9. The lowest BCUT2D eigenvalue weighted by Gasteiger charge is -2.43. The number of aromatic amines is 1. The van der Waals surface area contributed by atoms with Crippen molar-refractivity contribution in [2.75, 3.05) is 39.6 Å². The van der Waals surface area contributed by atoms with Crippen molar-refractivity contribution in [3.63, 3.8) is 0 Å². The molecule has 2 N–H and O–H groups in total. The number of ether oxygens (including phenoxy) is 3. The summed E-state index contributed by atoms with van der Waals surface area (Å²) >= 11 is 0. The lowest BCUT2D eigenvalue weighted by molar-refractivity contribution is -0.142. The summed E-state index contributed by atoms with van der Waals surface area (Å²) < 4.78 is 62.2. The molecular formula is C30H37F3N2O5. The Morgan fingerprint density at radius 3 is 2.42 bits per heavy atom. The summed E-state index contributed by atoms with van der Waals surface area (Å²) in [7, 11) is 0. The van der Waals surface area contributed by atoms with E-state index < -0.39 is 29.3 Å². The second-order valence-corrected chi connectivity index (χ2v) is 10.8. The number of unbranched alkanes of at least 4 members (excludes halogenated alkanes) is 1. The van der Waals surface area contributed by atoms with Crippen molar-refractivity contribution in [2.45, 2.75) is 57.8 Å². The molecule has 0 aliphatic carbocycles. The Labute approximate surface area is 232 Å². The molecule has 4 rings (SSSR count). The number of rotatable bonds is 14. The number of aromatic nitrogens is 1. The quantitative estimate of drug-likeness (QED) is 0.242. The van der Waals surface area contributed by atoms with Gasteiger partial charge in [0.15, 0.2) is 0 Å². The highest BCUT2D eigenvalue weighted by molar-refractivity contribution is 5.85. The van der Waals surface area contributed by atoms with Crippen LogP contribution in [0.1, 0.15) is 56.5 Å². The van der Waals surface area contributed by atoms with Gasteiger partial charge in [0, 0.05) is 60.1 Å². The fourth-order valence-corrected chi connectivity index (χ4v) is 5.29. The van der Waals surface area contributed by atoms with Crippen molar-refractivity contribution in [2.24, 2.45) is 0 Å². The Morgan fingerprint density at radius 2 is 1.75 bits per heavy atom. The van der Waals surface area contributed by atoms with Crippen LogP contribution in [0, 0.1) is 11.6 Å². The predicted octanol–water partition coefficient (Wildman–Crippen LogP) is 5.81. The maximum Gasteiger partial charge on any atom is 0.329 e. The maximum absolute atomic E-state index is 15.7. The molecule has 0 saturated heterocycles. The first kappa shape index (κ1) is 29.9. The van der Waals surface area contributed by atoms with Gasteiger partial charge in [-0.25, -0.2) is 18.0 Å². The molecule has 0 saturated carbocycles. The van der Waals surface area contributed by atoms with Crippen LogP contribution in [0.15, 0.2) is 36.4 Å². The van der Waals surface area contributed by atoms with E-state index in [9.17, 15) is 9.18 Å². The number of aliphatic carboxylic acids is 1. The molecule has 2 heterocycles. The number of benzene rings is 2. The van der Waals surface area contributed by atoms with Gasteiger partial charge in [-0.05, 0) is 51.7 Å². The van der Waals surface area contributed by atoms with E-state index in [1.807, 2.05) is 36.1 Å². The van der Waals surface area contributed by atoms with Gasteiger partial charge in [-0.15, -0.1) is 0 Å². The molecule has 0 radical (unpaired) electrons. The molecule has 7 nitrogen and oxygen atoms in total. The third-order valence-corrected chi connectivity index (χ3v) is 6.95.